The Morgan fingerprint density at radius 3 is 2.60 bits per heavy atom. The van der Waals surface area contributed by atoms with Gasteiger partial charge in [0.05, 0.1) is 0 Å². The van der Waals surface area contributed by atoms with E-state index in [1.54, 1.807) is 11.8 Å². The molecule has 0 N–H and O–H groups in total. The number of benzene rings is 1. The average molecular weight is 217 g/mol. The highest BCUT2D eigenvalue weighted by molar-refractivity contribution is 9.10. The van der Waals surface area contributed by atoms with Gasteiger partial charge in [0.25, 0.3) is 0 Å². The predicted molar refractivity (Wildman–Crippen MR) is 50.7 cm³/mol. The Morgan fingerprint density at radius 1 is 1.40 bits per heavy atom. The number of hydrogen-bond acceptors (Lipinski definition) is 1. The molecule has 0 aromatic heterocycles. The van der Waals surface area contributed by atoms with Gasteiger partial charge in [-0.3, -0.25) is 0 Å². The molecule has 0 amide bonds. The molecule has 0 fully saturated rings. The summed E-state index contributed by atoms with van der Waals surface area (Å²) in [6.07, 6.45) is 2.08. The van der Waals surface area contributed by atoms with Crippen molar-refractivity contribution in [2.45, 2.75) is 11.8 Å². The Labute approximate surface area is 74.2 Å². The van der Waals surface area contributed by atoms with Crippen molar-refractivity contribution in [1.82, 2.24) is 0 Å². The fourth-order valence-electron chi connectivity index (χ4n) is 0.701. The zero-order valence-electron chi connectivity index (χ0n) is 6.02. The van der Waals surface area contributed by atoms with Crippen LogP contribution in [0.5, 0.6) is 0 Å². The minimum atomic E-state index is 1.19. The van der Waals surface area contributed by atoms with Crippen molar-refractivity contribution in [3.8, 4) is 0 Å². The minimum absolute atomic E-state index is 1.19. The Kier molecular flexibility index (Phi) is 2.81. The van der Waals surface area contributed by atoms with E-state index in [0.29, 0.717) is 0 Å². The summed E-state index contributed by atoms with van der Waals surface area (Å²) in [7, 11) is 0. The molecule has 0 spiro atoms. The molecule has 0 saturated carbocycles. The van der Waals surface area contributed by atoms with Crippen LogP contribution in [0.3, 0.4) is 0 Å². The van der Waals surface area contributed by atoms with E-state index >= 15 is 0 Å². The van der Waals surface area contributed by atoms with E-state index in [0.717, 1.165) is 0 Å². The molecule has 54 valence electrons. The van der Waals surface area contributed by atoms with Gasteiger partial charge in [0, 0.05) is 9.37 Å². The van der Waals surface area contributed by atoms with Gasteiger partial charge in [0.2, 0.25) is 0 Å². The van der Waals surface area contributed by atoms with Gasteiger partial charge in [-0.15, -0.1) is 11.8 Å². The predicted octanol–water partition coefficient (Wildman–Crippen LogP) is 3.48. The fourth-order valence-corrected chi connectivity index (χ4v) is 1.67. The van der Waals surface area contributed by atoms with E-state index in [1.807, 2.05) is 0 Å². The molecule has 0 aliphatic heterocycles. The second-order valence-electron chi connectivity index (χ2n) is 2.12. The normalized spacial score (nSPS) is 9.90. The van der Waals surface area contributed by atoms with Crippen LogP contribution in [0.15, 0.2) is 27.6 Å². The van der Waals surface area contributed by atoms with Crippen LogP contribution < -0.4 is 0 Å². The van der Waals surface area contributed by atoms with E-state index in [-0.39, 0.29) is 0 Å². The second kappa shape index (κ2) is 3.44. The molecule has 0 aliphatic rings. The first-order valence-electron chi connectivity index (χ1n) is 3.04. The van der Waals surface area contributed by atoms with Crippen LogP contribution in [0.4, 0.5) is 0 Å². The van der Waals surface area contributed by atoms with Crippen molar-refractivity contribution in [3.63, 3.8) is 0 Å². The molecular weight excluding hydrogens is 208 g/mol. The van der Waals surface area contributed by atoms with Crippen molar-refractivity contribution in [3.05, 3.63) is 28.2 Å². The molecule has 0 nitrogen and oxygen atoms in total. The topological polar surface area (TPSA) is 0 Å². The first-order chi connectivity index (χ1) is 4.74. The maximum absolute atomic E-state index is 3.47. The summed E-state index contributed by atoms with van der Waals surface area (Å²) in [5, 5.41) is 0. The number of thioether (sulfide) groups is 1. The summed E-state index contributed by atoms with van der Waals surface area (Å²) in [4.78, 5) is 1.30. The molecule has 0 unspecified atom stereocenters. The number of halogens is 1. The third kappa shape index (κ3) is 1.77. The maximum Gasteiger partial charge on any atom is 0.0215 e. The van der Waals surface area contributed by atoms with Crippen LogP contribution in [-0.2, 0) is 0 Å². The molecule has 0 saturated heterocycles. The van der Waals surface area contributed by atoms with E-state index < -0.39 is 0 Å². The minimum Gasteiger partial charge on any atom is -0.130 e. The Bertz CT molecular complexity index is 233. The first-order valence-corrected chi connectivity index (χ1v) is 5.06. The van der Waals surface area contributed by atoms with Gasteiger partial charge < -0.3 is 0 Å². The van der Waals surface area contributed by atoms with Crippen LogP contribution in [0.1, 0.15) is 5.56 Å². The zero-order valence-corrected chi connectivity index (χ0v) is 8.42. The van der Waals surface area contributed by atoms with Crippen LogP contribution in [0, 0.1) is 6.92 Å². The molecule has 0 bridgehead atoms. The van der Waals surface area contributed by atoms with Crippen molar-refractivity contribution in [2.75, 3.05) is 6.26 Å². The van der Waals surface area contributed by atoms with Gasteiger partial charge in [-0.2, -0.15) is 0 Å². The van der Waals surface area contributed by atoms with E-state index in [1.165, 1.54) is 14.9 Å². The van der Waals surface area contributed by atoms with E-state index in [4.69, 9.17) is 0 Å². The number of hydrogen-bond donors (Lipinski definition) is 0. The van der Waals surface area contributed by atoms with Crippen LogP contribution in [-0.4, -0.2) is 6.26 Å². The standard InChI is InChI=1S/C8H9BrS/c1-6-3-4-7(10-2)5-8(6)9/h3-5H,1-2H3. The largest absolute Gasteiger partial charge is 0.130 e. The summed E-state index contributed by atoms with van der Waals surface area (Å²) in [6.45, 7) is 2.09. The first kappa shape index (κ1) is 8.15. The Balaban J connectivity index is 3.04. The molecule has 1 aromatic carbocycles. The molecular formula is C8H9BrS. The highest BCUT2D eigenvalue weighted by Gasteiger charge is 1.94. The van der Waals surface area contributed by atoms with Gasteiger partial charge in [0.1, 0.15) is 0 Å². The molecule has 1 rings (SSSR count). The quantitative estimate of drug-likeness (QED) is 0.649. The van der Waals surface area contributed by atoms with Gasteiger partial charge >= 0.3 is 0 Å². The molecule has 0 radical (unpaired) electrons. The smallest absolute Gasteiger partial charge is 0.0215 e. The van der Waals surface area contributed by atoms with E-state index in [2.05, 4.69) is 47.3 Å². The Morgan fingerprint density at radius 2 is 2.10 bits per heavy atom. The van der Waals surface area contributed by atoms with Crippen molar-refractivity contribution in [2.24, 2.45) is 0 Å². The summed E-state index contributed by atoms with van der Waals surface area (Å²) in [5.74, 6) is 0. The lowest BCUT2D eigenvalue weighted by atomic mass is 10.2. The van der Waals surface area contributed by atoms with Gasteiger partial charge in [0.15, 0.2) is 0 Å². The summed E-state index contributed by atoms with van der Waals surface area (Å²) in [6, 6.07) is 6.39. The molecule has 10 heavy (non-hydrogen) atoms. The SMILES string of the molecule is CSc1ccc(C)c(Br)c1. The van der Waals surface area contributed by atoms with Crippen molar-refractivity contribution in [1.29, 1.82) is 0 Å². The molecule has 0 atom stereocenters. The molecule has 0 heterocycles. The monoisotopic (exact) mass is 216 g/mol. The van der Waals surface area contributed by atoms with Crippen molar-refractivity contribution < 1.29 is 0 Å². The number of rotatable bonds is 1. The van der Waals surface area contributed by atoms with Crippen LogP contribution in [0.2, 0.25) is 0 Å². The zero-order chi connectivity index (χ0) is 7.56. The maximum atomic E-state index is 3.47. The highest BCUT2D eigenvalue weighted by atomic mass is 79.9. The lowest BCUT2D eigenvalue weighted by Gasteiger charge is -1.99. The van der Waals surface area contributed by atoms with Gasteiger partial charge in [-0.1, -0.05) is 22.0 Å². The third-order valence-corrected chi connectivity index (χ3v) is 2.96. The number of aryl methyl sites for hydroxylation is 1. The summed E-state index contributed by atoms with van der Waals surface area (Å²) in [5.41, 5.74) is 1.29. The lowest BCUT2D eigenvalue weighted by molar-refractivity contribution is 1.35. The Hall–Kier alpha value is 0.0500. The van der Waals surface area contributed by atoms with Crippen LogP contribution in [0.25, 0.3) is 0 Å². The van der Waals surface area contributed by atoms with Crippen molar-refractivity contribution >= 4 is 27.7 Å². The molecule has 2 heteroatoms. The molecule has 1 aromatic rings. The average Bonchev–Trinajstić information content (AvgIpc) is 1.95. The summed E-state index contributed by atoms with van der Waals surface area (Å²) < 4.78 is 1.19. The van der Waals surface area contributed by atoms with Gasteiger partial charge in [-0.25, -0.2) is 0 Å². The fraction of sp³-hybridized carbons (Fsp3) is 0.250. The van der Waals surface area contributed by atoms with E-state index in [9.17, 15) is 0 Å². The second-order valence-corrected chi connectivity index (χ2v) is 3.85. The molecule has 0 aliphatic carbocycles. The lowest BCUT2D eigenvalue weighted by Crippen LogP contribution is -1.75. The van der Waals surface area contributed by atoms with Crippen LogP contribution >= 0.6 is 27.7 Å². The highest BCUT2D eigenvalue weighted by Crippen LogP contribution is 2.22. The third-order valence-electron chi connectivity index (χ3n) is 1.38. The van der Waals surface area contributed by atoms with Gasteiger partial charge in [-0.05, 0) is 30.9 Å². The summed E-state index contributed by atoms with van der Waals surface area (Å²) >= 11 is 5.24.